The molecule has 47 heavy (non-hydrogen) atoms. The first kappa shape index (κ1) is 32.3. The summed E-state index contributed by atoms with van der Waals surface area (Å²) in [6, 6.07) is 31.7. The number of hydrogen-bond donors (Lipinski definition) is 1. The number of aliphatic hydroxyl groups is 1. The number of carbonyl (C=O) groups excluding carboxylic acids is 2. The summed E-state index contributed by atoms with van der Waals surface area (Å²) in [4.78, 5) is 27.4. The third kappa shape index (κ3) is 4.64. The molecular weight excluding hydrogens is 699 g/mol. The van der Waals surface area contributed by atoms with Gasteiger partial charge in [-0.2, -0.15) is 0 Å². The van der Waals surface area contributed by atoms with Crippen molar-refractivity contribution in [1.82, 2.24) is 0 Å². The Balaban J connectivity index is 1.55. The second-order valence-corrected chi connectivity index (χ2v) is 23.6. The molecule has 5 aliphatic rings. The van der Waals surface area contributed by atoms with E-state index in [2.05, 4.69) is 83.8 Å². The fraction of sp³-hybridized carbons (Fsp3) is 0.385. The zero-order chi connectivity index (χ0) is 32.8. The fourth-order valence-electron chi connectivity index (χ4n) is 9.37. The summed E-state index contributed by atoms with van der Waals surface area (Å²) in [5.41, 5.74) is -0.556. The number of ether oxygens (including phenoxy) is 4. The molecular formula is C39H42O7Sn. The van der Waals surface area contributed by atoms with Crippen LogP contribution in [-0.4, -0.2) is 74.2 Å². The van der Waals surface area contributed by atoms with E-state index in [0.717, 1.165) is 19.3 Å². The molecule has 0 aromatic heterocycles. The third-order valence-electron chi connectivity index (χ3n) is 11.2. The molecule has 1 spiro atoms. The van der Waals surface area contributed by atoms with E-state index in [4.69, 9.17) is 18.9 Å². The van der Waals surface area contributed by atoms with Crippen LogP contribution in [-0.2, 0) is 28.5 Å². The van der Waals surface area contributed by atoms with Gasteiger partial charge in [-0.1, -0.05) is 0 Å². The van der Waals surface area contributed by atoms with Crippen molar-refractivity contribution in [1.29, 1.82) is 0 Å². The van der Waals surface area contributed by atoms with Gasteiger partial charge in [-0.3, -0.25) is 0 Å². The molecule has 0 radical (unpaired) electrons. The van der Waals surface area contributed by atoms with Crippen LogP contribution in [0.3, 0.4) is 0 Å². The van der Waals surface area contributed by atoms with Crippen molar-refractivity contribution < 1.29 is 33.6 Å². The predicted octanol–water partition coefficient (Wildman–Crippen LogP) is 3.83. The Morgan fingerprint density at radius 2 is 1.34 bits per heavy atom. The maximum atomic E-state index is 13.8. The number of rotatable bonds is 9. The Labute approximate surface area is 280 Å². The van der Waals surface area contributed by atoms with E-state index in [0.29, 0.717) is 18.6 Å². The van der Waals surface area contributed by atoms with E-state index in [1.807, 2.05) is 18.2 Å². The molecule has 244 valence electrons. The molecule has 2 aliphatic heterocycles. The summed E-state index contributed by atoms with van der Waals surface area (Å²) < 4.78 is 30.1. The van der Waals surface area contributed by atoms with Crippen LogP contribution in [0.15, 0.2) is 112 Å². The van der Waals surface area contributed by atoms with Crippen LogP contribution in [0.4, 0.5) is 0 Å². The molecule has 4 bridgehead atoms. The molecule has 3 aromatic rings. The zero-order valence-electron chi connectivity index (χ0n) is 27.2. The van der Waals surface area contributed by atoms with Crippen LogP contribution in [0.25, 0.3) is 0 Å². The van der Waals surface area contributed by atoms with E-state index in [1.54, 1.807) is 0 Å². The molecule has 8 heteroatoms. The standard InChI is InChI=1S/C21H27O7.3C6H5.Sn/c1-5-6-7-12-13-8-9-27-21-17(13)15(19(23)26-4)14(18(22)25-3)16(12)20(21,24)11(2)10-28-21;3*1-2-4-6-5-3-1;/h2,12-13,16-17,24H,5-10H2,1,3-4H3;3*1-5H;. The van der Waals surface area contributed by atoms with Crippen LogP contribution >= 0.6 is 0 Å². The minimum absolute atomic E-state index is 0.0203. The summed E-state index contributed by atoms with van der Waals surface area (Å²) >= 11 is -4.13. The molecule has 1 N–H and O–H groups in total. The minimum atomic E-state index is -4.13. The van der Waals surface area contributed by atoms with E-state index < -0.39 is 53.5 Å². The molecule has 6 atom stereocenters. The Morgan fingerprint density at radius 3 is 1.83 bits per heavy atom. The molecule has 1 saturated carbocycles. The number of esters is 2. The molecule has 2 saturated heterocycles. The van der Waals surface area contributed by atoms with Crippen molar-refractivity contribution in [2.45, 2.75) is 44.0 Å². The molecule has 3 aromatic carbocycles. The van der Waals surface area contributed by atoms with Crippen LogP contribution < -0.4 is 10.7 Å². The van der Waals surface area contributed by atoms with Crippen molar-refractivity contribution in [2.75, 3.05) is 27.4 Å². The van der Waals surface area contributed by atoms with Crippen molar-refractivity contribution in [3.8, 4) is 0 Å². The predicted molar refractivity (Wildman–Crippen MR) is 181 cm³/mol. The topological polar surface area (TPSA) is 91.3 Å². The molecule has 3 aliphatic carbocycles. The molecule has 8 rings (SSSR count). The monoisotopic (exact) mass is 742 g/mol. The van der Waals surface area contributed by atoms with Crippen LogP contribution in [0.1, 0.15) is 32.6 Å². The third-order valence-corrected chi connectivity index (χ3v) is 24.1. The number of methoxy groups -OCH3 is 2. The zero-order valence-corrected chi connectivity index (χ0v) is 30.0. The SMILES string of the molecule is CCCCC1C2CCOC34OC/C(=[CH]\[Sn]([c]5ccccc5)([c]5ccccc5)[c]5ccccc5)C3(O)C1C(C(=O)OC)=C(C(=O)OC)C24. The number of hydrogen-bond acceptors (Lipinski definition) is 7. The van der Waals surface area contributed by atoms with Crippen molar-refractivity contribution >= 4 is 41.1 Å². The molecule has 6 unspecified atom stereocenters. The molecule has 2 heterocycles. The molecule has 3 fully saturated rings. The first-order valence-corrected chi connectivity index (χ1v) is 22.6. The molecule has 0 amide bonds. The maximum absolute atomic E-state index is 13.8. The van der Waals surface area contributed by atoms with Gasteiger partial charge in [0.1, 0.15) is 0 Å². The average Bonchev–Trinajstić information content (AvgIpc) is 3.41. The Hall–Kier alpha value is -3.24. The quantitative estimate of drug-likeness (QED) is 0.264. The van der Waals surface area contributed by atoms with Gasteiger partial charge < -0.3 is 0 Å². The van der Waals surface area contributed by atoms with Crippen molar-refractivity contribution in [3.63, 3.8) is 0 Å². The van der Waals surface area contributed by atoms with Crippen molar-refractivity contribution in [3.05, 3.63) is 112 Å². The number of benzene rings is 3. The van der Waals surface area contributed by atoms with Gasteiger partial charge in [0.2, 0.25) is 0 Å². The second-order valence-electron chi connectivity index (χ2n) is 13.2. The van der Waals surface area contributed by atoms with Gasteiger partial charge in [0.15, 0.2) is 0 Å². The summed E-state index contributed by atoms with van der Waals surface area (Å²) in [6.45, 7) is 2.65. The van der Waals surface area contributed by atoms with Gasteiger partial charge in [-0.05, 0) is 0 Å². The number of carbonyl (C=O) groups is 2. The number of unbranched alkanes of at least 4 members (excludes halogenated alkanes) is 1. The summed E-state index contributed by atoms with van der Waals surface area (Å²) in [7, 11) is 2.65. The van der Waals surface area contributed by atoms with Crippen molar-refractivity contribution in [2.24, 2.45) is 23.7 Å². The summed E-state index contributed by atoms with van der Waals surface area (Å²) in [5, 5.41) is 13.6. The van der Waals surface area contributed by atoms with Crippen LogP contribution in [0.5, 0.6) is 0 Å². The molecule has 7 nitrogen and oxygen atoms in total. The second kappa shape index (κ2) is 12.7. The van der Waals surface area contributed by atoms with E-state index >= 15 is 0 Å². The summed E-state index contributed by atoms with van der Waals surface area (Å²) in [5.74, 6) is -4.30. The van der Waals surface area contributed by atoms with E-state index in [-0.39, 0.29) is 29.6 Å². The van der Waals surface area contributed by atoms with Gasteiger partial charge >= 0.3 is 282 Å². The fourth-order valence-corrected chi connectivity index (χ4v) is 22.2. The van der Waals surface area contributed by atoms with Gasteiger partial charge in [0.25, 0.3) is 0 Å². The van der Waals surface area contributed by atoms with Gasteiger partial charge in [0.05, 0.1) is 0 Å². The van der Waals surface area contributed by atoms with Gasteiger partial charge in [0, 0.05) is 0 Å². The first-order chi connectivity index (χ1) is 22.9. The Kier molecular flexibility index (Phi) is 8.70. The Bertz CT molecular complexity index is 1610. The first-order valence-electron chi connectivity index (χ1n) is 16.7. The van der Waals surface area contributed by atoms with Gasteiger partial charge in [-0.15, -0.1) is 0 Å². The summed E-state index contributed by atoms with van der Waals surface area (Å²) in [6.07, 6.45) is 3.40. The normalized spacial score (nSPS) is 30.3. The van der Waals surface area contributed by atoms with E-state index in [1.165, 1.54) is 25.0 Å². The van der Waals surface area contributed by atoms with Gasteiger partial charge in [-0.25, -0.2) is 0 Å². The Morgan fingerprint density at radius 1 is 0.830 bits per heavy atom. The van der Waals surface area contributed by atoms with Crippen LogP contribution in [0, 0.1) is 23.7 Å². The average molecular weight is 741 g/mol. The van der Waals surface area contributed by atoms with E-state index in [9.17, 15) is 14.7 Å². The van der Waals surface area contributed by atoms with Crippen LogP contribution in [0.2, 0.25) is 0 Å².